The SMILES string of the molecule is O=C(Nc1ccc2[nH]c(C(F)(F)F)cc2c1)C1CCOCC1. The zero-order valence-corrected chi connectivity index (χ0v) is 11.7. The first-order valence-corrected chi connectivity index (χ1v) is 7.02. The van der Waals surface area contributed by atoms with Gasteiger partial charge in [-0.25, -0.2) is 0 Å². The van der Waals surface area contributed by atoms with E-state index in [4.69, 9.17) is 4.74 Å². The topological polar surface area (TPSA) is 54.1 Å². The number of fused-ring (bicyclic) bond motifs is 1. The van der Waals surface area contributed by atoms with E-state index in [1.807, 2.05) is 0 Å². The number of hydrogen-bond donors (Lipinski definition) is 2. The number of rotatable bonds is 2. The van der Waals surface area contributed by atoms with Crippen LogP contribution in [0.25, 0.3) is 10.9 Å². The molecule has 7 heteroatoms. The fourth-order valence-corrected chi connectivity index (χ4v) is 2.57. The maximum Gasteiger partial charge on any atom is 0.431 e. The van der Waals surface area contributed by atoms with E-state index in [9.17, 15) is 18.0 Å². The Morgan fingerprint density at radius 1 is 1.23 bits per heavy atom. The summed E-state index contributed by atoms with van der Waals surface area (Å²) in [6, 6.07) is 5.71. The number of carbonyl (C=O) groups excluding carboxylic acids is 1. The molecule has 1 saturated heterocycles. The molecule has 0 unspecified atom stereocenters. The molecule has 2 aromatic rings. The summed E-state index contributed by atoms with van der Waals surface area (Å²) in [6.07, 6.45) is -3.09. The molecule has 1 fully saturated rings. The highest BCUT2D eigenvalue weighted by Crippen LogP contribution is 2.32. The molecule has 0 saturated carbocycles. The minimum absolute atomic E-state index is 0.110. The van der Waals surface area contributed by atoms with Crippen molar-refractivity contribution in [1.29, 1.82) is 0 Å². The lowest BCUT2D eigenvalue weighted by molar-refractivity contribution is -0.140. The zero-order valence-electron chi connectivity index (χ0n) is 11.7. The molecule has 1 amide bonds. The highest BCUT2D eigenvalue weighted by Gasteiger charge is 2.32. The number of aromatic nitrogens is 1. The molecule has 1 aromatic carbocycles. The van der Waals surface area contributed by atoms with Crippen molar-refractivity contribution in [2.75, 3.05) is 18.5 Å². The Hall–Kier alpha value is -2.02. The van der Waals surface area contributed by atoms with Gasteiger partial charge in [0.2, 0.25) is 5.91 Å². The van der Waals surface area contributed by atoms with E-state index in [0.29, 0.717) is 42.6 Å². The van der Waals surface area contributed by atoms with Gasteiger partial charge in [0, 0.05) is 35.7 Å². The molecule has 0 radical (unpaired) electrons. The zero-order chi connectivity index (χ0) is 15.7. The molecule has 2 N–H and O–H groups in total. The van der Waals surface area contributed by atoms with E-state index in [-0.39, 0.29) is 11.8 Å². The van der Waals surface area contributed by atoms with E-state index in [0.717, 1.165) is 6.07 Å². The second-order valence-electron chi connectivity index (χ2n) is 5.36. The molecule has 2 heterocycles. The molecule has 1 aliphatic heterocycles. The number of anilines is 1. The Kier molecular flexibility index (Phi) is 3.82. The largest absolute Gasteiger partial charge is 0.431 e. The quantitative estimate of drug-likeness (QED) is 0.891. The summed E-state index contributed by atoms with van der Waals surface area (Å²) in [4.78, 5) is 14.4. The van der Waals surface area contributed by atoms with Gasteiger partial charge >= 0.3 is 6.18 Å². The van der Waals surface area contributed by atoms with E-state index in [1.165, 1.54) is 12.1 Å². The number of alkyl halides is 3. The van der Waals surface area contributed by atoms with Crippen LogP contribution >= 0.6 is 0 Å². The minimum Gasteiger partial charge on any atom is -0.381 e. The number of amides is 1. The fourth-order valence-electron chi connectivity index (χ4n) is 2.57. The van der Waals surface area contributed by atoms with E-state index in [1.54, 1.807) is 6.07 Å². The summed E-state index contributed by atoms with van der Waals surface area (Å²) in [5.74, 6) is -0.226. The summed E-state index contributed by atoms with van der Waals surface area (Å²) >= 11 is 0. The highest BCUT2D eigenvalue weighted by molar-refractivity contribution is 5.95. The van der Waals surface area contributed by atoms with Gasteiger partial charge in [-0.2, -0.15) is 13.2 Å². The summed E-state index contributed by atoms with van der Waals surface area (Å²) in [5.41, 5.74) is 0.0866. The van der Waals surface area contributed by atoms with Crippen molar-refractivity contribution in [1.82, 2.24) is 4.98 Å². The van der Waals surface area contributed by atoms with Crippen LogP contribution in [0.15, 0.2) is 24.3 Å². The number of H-pyrrole nitrogens is 1. The number of halogens is 3. The molecule has 0 spiro atoms. The molecular weight excluding hydrogens is 297 g/mol. The lowest BCUT2D eigenvalue weighted by Gasteiger charge is -2.21. The van der Waals surface area contributed by atoms with E-state index in [2.05, 4.69) is 10.3 Å². The predicted molar refractivity (Wildman–Crippen MR) is 75.5 cm³/mol. The first-order chi connectivity index (χ1) is 10.4. The first-order valence-electron chi connectivity index (χ1n) is 7.02. The first kappa shape index (κ1) is 14.9. The highest BCUT2D eigenvalue weighted by atomic mass is 19.4. The normalized spacial score (nSPS) is 16.9. The van der Waals surface area contributed by atoms with Crippen LogP contribution in [-0.4, -0.2) is 24.1 Å². The van der Waals surface area contributed by atoms with Crippen molar-refractivity contribution in [3.05, 3.63) is 30.0 Å². The molecule has 1 aliphatic rings. The second-order valence-corrected chi connectivity index (χ2v) is 5.36. The van der Waals surface area contributed by atoms with Crippen LogP contribution in [0.2, 0.25) is 0 Å². The van der Waals surface area contributed by atoms with E-state index < -0.39 is 11.9 Å². The van der Waals surface area contributed by atoms with Crippen LogP contribution in [0.5, 0.6) is 0 Å². The van der Waals surface area contributed by atoms with Gasteiger partial charge in [-0.05, 0) is 37.1 Å². The maximum atomic E-state index is 12.7. The lowest BCUT2D eigenvalue weighted by atomic mass is 9.99. The summed E-state index contributed by atoms with van der Waals surface area (Å²) < 4.78 is 43.2. The Balaban J connectivity index is 1.78. The molecule has 0 atom stereocenters. The Morgan fingerprint density at radius 2 is 1.95 bits per heavy atom. The van der Waals surface area contributed by atoms with Crippen LogP contribution in [0.4, 0.5) is 18.9 Å². The molecule has 0 bridgehead atoms. The predicted octanol–water partition coefficient (Wildman–Crippen LogP) is 3.55. The van der Waals surface area contributed by atoms with Gasteiger partial charge in [-0.3, -0.25) is 4.79 Å². The van der Waals surface area contributed by atoms with Crippen LogP contribution in [-0.2, 0) is 15.7 Å². The average Bonchev–Trinajstić information content (AvgIpc) is 2.91. The van der Waals surface area contributed by atoms with Crippen LogP contribution in [0.3, 0.4) is 0 Å². The second kappa shape index (κ2) is 5.64. The van der Waals surface area contributed by atoms with Crippen molar-refractivity contribution in [3.8, 4) is 0 Å². The summed E-state index contributed by atoms with van der Waals surface area (Å²) in [5, 5.41) is 3.18. The smallest absolute Gasteiger partial charge is 0.381 e. The van der Waals surface area contributed by atoms with Gasteiger partial charge in [-0.15, -0.1) is 0 Å². The summed E-state index contributed by atoms with van der Waals surface area (Å²) in [6.45, 7) is 1.12. The van der Waals surface area contributed by atoms with E-state index >= 15 is 0 Å². The molecule has 4 nitrogen and oxygen atoms in total. The molecule has 1 aromatic heterocycles. The van der Waals surface area contributed by atoms with Crippen molar-refractivity contribution in [3.63, 3.8) is 0 Å². The average molecular weight is 312 g/mol. The Morgan fingerprint density at radius 3 is 2.64 bits per heavy atom. The number of carbonyl (C=O) groups is 1. The third kappa shape index (κ3) is 3.09. The molecule has 3 rings (SSSR count). The van der Waals surface area contributed by atoms with Crippen molar-refractivity contribution >= 4 is 22.5 Å². The minimum atomic E-state index is -4.41. The van der Waals surface area contributed by atoms with Crippen molar-refractivity contribution < 1.29 is 22.7 Å². The maximum absolute atomic E-state index is 12.7. The molecule has 22 heavy (non-hydrogen) atoms. The number of benzene rings is 1. The number of ether oxygens (including phenoxy) is 1. The van der Waals surface area contributed by atoms with Crippen molar-refractivity contribution in [2.24, 2.45) is 5.92 Å². The third-order valence-corrected chi connectivity index (χ3v) is 3.79. The van der Waals surface area contributed by atoms with Gasteiger partial charge in [0.25, 0.3) is 0 Å². The van der Waals surface area contributed by atoms with Gasteiger partial charge in [0.05, 0.1) is 0 Å². The van der Waals surface area contributed by atoms with Crippen LogP contribution in [0.1, 0.15) is 18.5 Å². The van der Waals surface area contributed by atoms with Gasteiger partial charge in [0.1, 0.15) is 5.69 Å². The molecular formula is C15H15F3N2O2. The number of hydrogen-bond acceptors (Lipinski definition) is 2. The fraction of sp³-hybridized carbons (Fsp3) is 0.400. The van der Waals surface area contributed by atoms with Gasteiger partial charge < -0.3 is 15.0 Å². The standard InChI is InChI=1S/C15H15F3N2O2/c16-15(17,18)13-8-10-7-11(1-2-12(10)20-13)19-14(21)9-3-5-22-6-4-9/h1-2,7-9,20H,3-6H2,(H,19,21). The number of aromatic amines is 1. The molecule has 0 aliphatic carbocycles. The van der Waals surface area contributed by atoms with Gasteiger partial charge in [-0.1, -0.05) is 0 Å². The van der Waals surface area contributed by atoms with Gasteiger partial charge in [0.15, 0.2) is 0 Å². The Labute approximate surface area is 124 Å². The van der Waals surface area contributed by atoms with Crippen LogP contribution < -0.4 is 5.32 Å². The Bertz CT molecular complexity index is 688. The van der Waals surface area contributed by atoms with Crippen molar-refractivity contribution in [2.45, 2.75) is 19.0 Å². The molecule has 118 valence electrons. The lowest BCUT2D eigenvalue weighted by Crippen LogP contribution is -2.28. The summed E-state index contributed by atoms with van der Waals surface area (Å²) in [7, 11) is 0. The monoisotopic (exact) mass is 312 g/mol. The van der Waals surface area contributed by atoms with Crippen LogP contribution in [0, 0.1) is 5.92 Å². The third-order valence-electron chi connectivity index (χ3n) is 3.79. The number of nitrogens with one attached hydrogen (secondary N) is 2.